The minimum Gasteiger partial charge on any atom is -0.321 e. The first-order valence-corrected chi connectivity index (χ1v) is 7.37. The smallest absolute Gasteiger partial charge is 0.248 e. The van der Waals surface area contributed by atoms with E-state index in [1.807, 2.05) is 36.9 Å². The Morgan fingerprint density at radius 3 is 2.78 bits per heavy atom. The predicted molar refractivity (Wildman–Crippen MR) is 78.0 cm³/mol. The van der Waals surface area contributed by atoms with Gasteiger partial charge in [0.25, 0.3) is 0 Å². The third kappa shape index (κ3) is 3.64. The summed E-state index contributed by atoms with van der Waals surface area (Å²) >= 11 is 1.90. The van der Waals surface area contributed by atoms with Crippen LogP contribution in [0.4, 0.5) is 5.69 Å². The fraction of sp³-hybridized carbons (Fsp3) is 0.400. The van der Waals surface area contributed by atoms with Crippen LogP contribution in [0.1, 0.15) is 32.6 Å². The van der Waals surface area contributed by atoms with Gasteiger partial charge in [-0.3, -0.25) is 4.79 Å². The number of rotatable bonds is 4. The van der Waals surface area contributed by atoms with Gasteiger partial charge in [-0.15, -0.1) is 11.8 Å². The highest BCUT2D eigenvalue weighted by Crippen LogP contribution is 2.37. The number of amides is 1. The van der Waals surface area contributed by atoms with Crippen LogP contribution in [-0.4, -0.2) is 11.2 Å². The zero-order valence-electron chi connectivity index (χ0n) is 10.7. The van der Waals surface area contributed by atoms with E-state index in [-0.39, 0.29) is 5.91 Å². The standard InChI is InChI=1S/C15H19NOS/c1-2-7-15(17)16-13-10-5-6-11-14(13)18-12-8-3-4-9-12/h2,5-7,10-12H,3-4,8-9H2,1H3,(H,16,17). The SMILES string of the molecule is CC=CC(=O)Nc1ccccc1SC1CCCC1. The molecule has 1 saturated carbocycles. The van der Waals surface area contributed by atoms with Crippen LogP contribution in [0.2, 0.25) is 0 Å². The van der Waals surface area contributed by atoms with Crippen LogP contribution in [0.3, 0.4) is 0 Å². The molecule has 1 amide bonds. The summed E-state index contributed by atoms with van der Waals surface area (Å²) in [4.78, 5) is 12.8. The highest BCUT2D eigenvalue weighted by molar-refractivity contribution is 8.00. The van der Waals surface area contributed by atoms with Crippen LogP contribution in [0.25, 0.3) is 0 Å². The molecule has 0 bridgehead atoms. The van der Waals surface area contributed by atoms with E-state index in [0.717, 1.165) is 5.69 Å². The lowest BCUT2D eigenvalue weighted by molar-refractivity contribution is -0.111. The predicted octanol–water partition coefficient (Wildman–Crippen LogP) is 4.24. The molecule has 3 heteroatoms. The number of thioether (sulfide) groups is 1. The van der Waals surface area contributed by atoms with Crippen molar-refractivity contribution in [3.8, 4) is 0 Å². The molecule has 0 saturated heterocycles. The summed E-state index contributed by atoms with van der Waals surface area (Å²) in [6.45, 7) is 1.85. The molecule has 0 spiro atoms. The van der Waals surface area contributed by atoms with Gasteiger partial charge in [0, 0.05) is 10.1 Å². The molecule has 1 fully saturated rings. The third-order valence-electron chi connectivity index (χ3n) is 3.06. The molecule has 1 aliphatic rings. The number of anilines is 1. The Bertz CT molecular complexity index is 436. The van der Waals surface area contributed by atoms with Gasteiger partial charge in [0.05, 0.1) is 5.69 Å². The number of para-hydroxylation sites is 1. The van der Waals surface area contributed by atoms with Crippen LogP contribution in [0.15, 0.2) is 41.3 Å². The van der Waals surface area contributed by atoms with E-state index >= 15 is 0 Å². The topological polar surface area (TPSA) is 29.1 Å². The first-order chi connectivity index (χ1) is 8.79. The van der Waals surface area contributed by atoms with Crippen molar-refractivity contribution in [2.45, 2.75) is 42.8 Å². The molecule has 2 nitrogen and oxygen atoms in total. The summed E-state index contributed by atoms with van der Waals surface area (Å²) < 4.78 is 0. The fourth-order valence-corrected chi connectivity index (χ4v) is 3.52. The first kappa shape index (κ1) is 13.2. The van der Waals surface area contributed by atoms with Crippen molar-refractivity contribution in [2.75, 3.05) is 5.32 Å². The molecule has 0 aromatic heterocycles. The maximum atomic E-state index is 11.6. The summed E-state index contributed by atoms with van der Waals surface area (Å²) in [6, 6.07) is 8.06. The number of carbonyl (C=O) groups excluding carboxylic acids is 1. The normalized spacial score (nSPS) is 16.3. The van der Waals surface area contributed by atoms with E-state index in [9.17, 15) is 4.79 Å². The maximum Gasteiger partial charge on any atom is 0.248 e. The Balaban J connectivity index is 2.06. The van der Waals surface area contributed by atoms with Crippen molar-refractivity contribution in [3.05, 3.63) is 36.4 Å². The molecule has 0 radical (unpaired) electrons. The Hall–Kier alpha value is -1.22. The summed E-state index contributed by atoms with van der Waals surface area (Å²) in [7, 11) is 0. The molecule has 0 heterocycles. The van der Waals surface area contributed by atoms with Crippen LogP contribution >= 0.6 is 11.8 Å². The van der Waals surface area contributed by atoms with Gasteiger partial charge in [0.15, 0.2) is 0 Å². The molecule has 2 rings (SSSR count). The van der Waals surface area contributed by atoms with Gasteiger partial charge in [-0.2, -0.15) is 0 Å². The number of hydrogen-bond donors (Lipinski definition) is 1. The number of hydrogen-bond acceptors (Lipinski definition) is 2. The van der Waals surface area contributed by atoms with E-state index < -0.39 is 0 Å². The second-order valence-corrected chi connectivity index (χ2v) is 5.85. The second kappa shape index (κ2) is 6.64. The summed E-state index contributed by atoms with van der Waals surface area (Å²) in [6.07, 6.45) is 8.57. The van der Waals surface area contributed by atoms with E-state index in [2.05, 4.69) is 11.4 Å². The number of nitrogens with one attached hydrogen (secondary N) is 1. The molecule has 0 unspecified atom stereocenters. The van der Waals surface area contributed by atoms with Gasteiger partial charge in [0.1, 0.15) is 0 Å². The lowest BCUT2D eigenvalue weighted by Crippen LogP contribution is -2.09. The Kier molecular flexibility index (Phi) is 4.88. The average molecular weight is 261 g/mol. The molecule has 1 aromatic carbocycles. The molecule has 0 atom stereocenters. The zero-order chi connectivity index (χ0) is 12.8. The lowest BCUT2D eigenvalue weighted by atomic mass is 10.3. The van der Waals surface area contributed by atoms with Gasteiger partial charge >= 0.3 is 0 Å². The number of carbonyl (C=O) groups is 1. The van der Waals surface area contributed by atoms with E-state index in [4.69, 9.17) is 0 Å². The second-order valence-electron chi connectivity index (χ2n) is 4.51. The minimum atomic E-state index is -0.0584. The van der Waals surface area contributed by atoms with Gasteiger partial charge in [-0.05, 0) is 38.0 Å². The van der Waals surface area contributed by atoms with Crippen molar-refractivity contribution in [3.63, 3.8) is 0 Å². The van der Waals surface area contributed by atoms with Crippen molar-refractivity contribution in [1.82, 2.24) is 0 Å². The number of allylic oxidation sites excluding steroid dienone is 1. The van der Waals surface area contributed by atoms with Gasteiger partial charge in [0.2, 0.25) is 5.91 Å². The molecule has 18 heavy (non-hydrogen) atoms. The number of benzene rings is 1. The average Bonchev–Trinajstić information content (AvgIpc) is 2.85. The van der Waals surface area contributed by atoms with Gasteiger partial charge < -0.3 is 5.32 Å². The van der Waals surface area contributed by atoms with Crippen molar-refractivity contribution in [1.29, 1.82) is 0 Å². The highest BCUT2D eigenvalue weighted by Gasteiger charge is 2.17. The zero-order valence-corrected chi connectivity index (χ0v) is 11.5. The Morgan fingerprint density at radius 2 is 2.06 bits per heavy atom. The first-order valence-electron chi connectivity index (χ1n) is 6.49. The quantitative estimate of drug-likeness (QED) is 0.821. The van der Waals surface area contributed by atoms with E-state index in [0.29, 0.717) is 5.25 Å². The lowest BCUT2D eigenvalue weighted by Gasteiger charge is -2.13. The van der Waals surface area contributed by atoms with Gasteiger partial charge in [-0.25, -0.2) is 0 Å². The summed E-state index contributed by atoms with van der Waals surface area (Å²) in [5.74, 6) is -0.0584. The van der Waals surface area contributed by atoms with Crippen LogP contribution in [0.5, 0.6) is 0 Å². The summed E-state index contributed by atoms with van der Waals surface area (Å²) in [5.41, 5.74) is 0.928. The van der Waals surface area contributed by atoms with Crippen LogP contribution in [-0.2, 0) is 4.79 Å². The van der Waals surface area contributed by atoms with Crippen molar-refractivity contribution >= 4 is 23.4 Å². The Morgan fingerprint density at radius 1 is 1.33 bits per heavy atom. The highest BCUT2D eigenvalue weighted by atomic mass is 32.2. The monoisotopic (exact) mass is 261 g/mol. The van der Waals surface area contributed by atoms with Gasteiger partial charge in [-0.1, -0.05) is 31.1 Å². The molecule has 1 aliphatic carbocycles. The fourth-order valence-electron chi connectivity index (χ4n) is 2.18. The maximum absolute atomic E-state index is 11.6. The van der Waals surface area contributed by atoms with Crippen LogP contribution in [0, 0.1) is 0 Å². The third-order valence-corrected chi connectivity index (χ3v) is 4.47. The molecular formula is C15H19NOS. The molecule has 0 aliphatic heterocycles. The summed E-state index contributed by atoms with van der Waals surface area (Å²) in [5, 5.41) is 3.65. The van der Waals surface area contributed by atoms with Crippen LogP contribution < -0.4 is 5.32 Å². The largest absolute Gasteiger partial charge is 0.321 e. The van der Waals surface area contributed by atoms with E-state index in [1.165, 1.54) is 30.6 Å². The minimum absolute atomic E-state index is 0.0584. The van der Waals surface area contributed by atoms with Crippen molar-refractivity contribution in [2.24, 2.45) is 0 Å². The Labute approximate surface area is 113 Å². The van der Waals surface area contributed by atoms with E-state index in [1.54, 1.807) is 12.2 Å². The molecule has 1 aromatic rings. The van der Waals surface area contributed by atoms with Crippen molar-refractivity contribution < 1.29 is 4.79 Å². The molecular weight excluding hydrogens is 242 g/mol. The molecule has 96 valence electrons. The molecule has 1 N–H and O–H groups in total.